The molecule has 0 aliphatic heterocycles. The summed E-state index contributed by atoms with van der Waals surface area (Å²) >= 11 is 0. The Hall–Kier alpha value is -3.08. The zero-order valence-electron chi connectivity index (χ0n) is 12.9. The fourth-order valence-corrected chi connectivity index (χ4v) is 2.33. The average molecular weight is 308 g/mol. The van der Waals surface area contributed by atoms with Crippen molar-refractivity contribution >= 4 is 5.91 Å². The third kappa shape index (κ3) is 2.94. The van der Waals surface area contributed by atoms with Crippen molar-refractivity contribution in [3.05, 3.63) is 59.8 Å². The Balaban J connectivity index is 2.10. The number of aryl methyl sites for hydroxylation is 1. The van der Waals surface area contributed by atoms with E-state index in [0.29, 0.717) is 23.0 Å². The summed E-state index contributed by atoms with van der Waals surface area (Å²) in [6.45, 7) is 1.98. The molecule has 1 aromatic heterocycles. The first kappa shape index (κ1) is 14.8. The largest absolute Gasteiger partial charge is 0.497 e. The Morgan fingerprint density at radius 3 is 2.48 bits per heavy atom. The van der Waals surface area contributed by atoms with E-state index >= 15 is 0 Å². The summed E-state index contributed by atoms with van der Waals surface area (Å²) in [6, 6.07) is 14.9. The number of benzene rings is 2. The van der Waals surface area contributed by atoms with E-state index < -0.39 is 5.91 Å². The molecule has 3 rings (SSSR count). The van der Waals surface area contributed by atoms with Crippen LogP contribution in [0, 0.1) is 6.92 Å². The lowest BCUT2D eigenvalue weighted by Crippen LogP contribution is -2.12. The number of carbonyl (C=O) groups is 1. The van der Waals surface area contributed by atoms with Gasteiger partial charge in [0.25, 0.3) is 5.91 Å². The Morgan fingerprint density at radius 2 is 1.87 bits per heavy atom. The standard InChI is InChI=1S/C18H16N2O3/c1-11-4-3-5-13(10-11)18-20-15(17(19)21)16(23-18)12-6-8-14(22-2)9-7-12/h3-10H,1-2H3,(H2,19,21). The summed E-state index contributed by atoms with van der Waals surface area (Å²) in [4.78, 5) is 16.0. The molecule has 0 saturated carbocycles. The van der Waals surface area contributed by atoms with Gasteiger partial charge in [0.05, 0.1) is 7.11 Å². The molecule has 0 fully saturated rings. The fourth-order valence-electron chi connectivity index (χ4n) is 2.33. The molecule has 0 bridgehead atoms. The summed E-state index contributed by atoms with van der Waals surface area (Å²) < 4.78 is 11.0. The molecule has 0 spiro atoms. The second-order valence-corrected chi connectivity index (χ2v) is 5.16. The Morgan fingerprint density at radius 1 is 1.13 bits per heavy atom. The number of methoxy groups -OCH3 is 1. The maximum absolute atomic E-state index is 11.7. The molecule has 5 heteroatoms. The third-order valence-electron chi connectivity index (χ3n) is 3.48. The summed E-state index contributed by atoms with van der Waals surface area (Å²) in [5.41, 5.74) is 8.15. The molecule has 1 heterocycles. The number of carbonyl (C=O) groups excluding carboxylic acids is 1. The number of amides is 1. The fraction of sp³-hybridized carbons (Fsp3) is 0.111. The Labute approximate surface area is 133 Å². The van der Waals surface area contributed by atoms with E-state index in [9.17, 15) is 4.79 Å². The maximum Gasteiger partial charge on any atom is 0.271 e. The lowest BCUT2D eigenvalue weighted by atomic mass is 10.1. The normalized spacial score (nSPS) is 10.5. The Bertz CT molecular complexity index is 851. The number of rotatable bonds is 4. The van der Waals surface area contributed by atoms with Crippen molar-refractivity contribution in [3.8, 4) is 28.5 Å². The van der Waals surface area contributed by atoms with E-state index in [1.54, 1.807) is 31.4 Å². The van der Waals surface area contributed by atoms with Gasteiger partial charge in [0.1, 0.15) is 5.75 Å². The van der Waals surface area contributed by atoms with Gasteiger partial charge in [-0.25, -0.2) is 4.98 Å². The molecule has 0 unspecified atom stereocenters. The molecular formula is C18H16N2O3. The monoisotopic (exact) mass is 308 g/mol. The van der Waals surface area contributed by atoms with Gasteiger partial charge in [0.2, 0.25) is 5.89 Å². The third-order valence-corrected chi connectivity index (χ3v) is 3.48. The first-order valence-electron chi connectivity index (χ1n) is 7.10. The van der Waals surface area contributed by atoms with Crippen LogP contribution in [0.2, 0.25) is 0 Å². The summed E-state index contributed by atoms with van der Waals surface area (Å²) in [7, 11) is 1.59. The minimum atomic E-state index is -0.626. The predicted octanol–water partition coefficient (Wildman–Crippen LogP) is 3.42. The van der Waals surface area contributed by atoms with Crippen LogP contribution in [0.25, 0.3) is 22.8 Å². The van der Waals surface area contributed by atoms with Crippen LogP contribution in [-0.2, 0) is 0 Å². The molecule has 1 amide bonds. The van der Waals surface area contributed by atoms with Gasteiger partial charge in [-0.3, -0.25) is 4.79 Å². The number of ether oxygens (including phenoxy) is 1. The van der Waals surface area contributed by atoms with Gasteiger partial charge < -0.3 is 14.9 Å². The number of nitrogens with two attached hydrogens (primary N) is 1. The van der Waals surface area contributed by atoms with E-state index in [4.69, 9.17) is 14.9 Å². The molecule has 2 aromatic carbocycles. The van der Waals surface area contributed by atoms with Crippen molar-refractivity contribution in [1.29, 1.82) is 0 Å². The molecule has 0 aliphatic carbocycles. The summed E-state index contributed by atoms with van der Waals surface area (Å²) in [5.74, 6) is 0.816. The molecule has 5 nitrogen and oxygen atoms in total. The smallest absolute Gasteiger partial charge is 0.271 e. The van der Waals surface area contributed by atoms with Gasteiger partial charge in [-0.15, -0.1) is 0 Å². The van der Waals surface area contributed by atoms with Crippen LogP contribution >= 0.6 is 0 Å². The zero-order valence-corrected chi connectivity index (χ0v) is 12.9. The number of nitrogens with zero attached hydrogens (tertiary/aromatic N) is 1. The van der Waals surface area contributed by atoms with Gasteiger partial charge in [-0.1, -0.05) is 17.7 Å². The van der Waals surface area contributed by atoms with E-state index in [-0.39, 0.29) is 5.69 Å². The number of hydrogen-bond donors (Lipinski definition) is 1. The molecule has 3 aromatic rings. The van der Waals surface area contributed by atoms with Crippen LogP contribution in [-0.4, -0.2) is 18.0 Å². The zero-order chi connectivity index (χ0) is 16.4. The van der Waals surface area contributed by atoms with Gasteiger partial charge in [0, 0.05) is 11.1 Å². The molecule has 0 aliphatic rings. The highest BCUT2D eigenvalue weighted by Crippen LogP contribution is 2.31. The average Bonchev–Trinajstić information content (AvgIpc) is 3.00. The van der Waals surface area contributed by atoms with Crippen molar-refractivity contribution in [2.45, 2.75) is 6.92 Å². The van der Waals surface area contributed by atoms with Gasteiger partial charge in [0.15, 0.2) is 11.5 Å². The molecule has 0 saturated heterocycles. The number of hydrogen-bond acceptors (Lipinski definition) is 4. The Kier molecular flexibility index (Phi) is 3.85. The first-order valence-corrected chi connectivity index (χ1v) is 7.10. The maximum atomic E-state index is 11.7. The minimum absolute atomic E-state index is 0.117. The number of primary amides is 1. The molecule has 2 N–H and O–H groups in total. The van der Waals surface area contributed by atoms with Crippen molar-refractivity contribution in [1.82, 2.24) is 4.98 Å². The van der Waals surface area contributed by atoms with Gasteiger partial charge in [-0.2, -0.15) is 0 Å². The van der Waals surface area contributed by atoms with Crippen molar-refractivity contribution < 1.29 is 13.9 Å². The first-order chi connectivity index (χ1) is 11.1. The quantitative estimate of drug-likeness (QED) is 0.801. The van der Waals surface area contributed by atoms with E-state index in [1.807, 2.05) is 31.2 Å². The highest BCUT2D eigenvalue weighted by molar-refractivity contribution is 5.97. The molecule has 0 atom stereocenters. The summed E-state index contributed by atoms with van der Waals surface area (Å²) in [6.07, 6.45) is 0. The van der Waals surface area contributed by atoms with Crippen LogP contribution < -0.4 is 10.5 Å². The molecule has 0 radical (unpaired) electrons. The highest BCUT2D eigenvalue weighted by atomic mass is 16.5. The van der Waals surface area contributed by atoms with Crippen LogP contribution in [0.1, 0.15) is 16.1 Å². The SMILES string of the molecule is COc1ccc(-c2oc(-c3cccc(C)c3)nc2C(N)=O)cc1. The van der Waals surface area contributed by atoms with Gasteiger partial charge in [-0.05, 0) is 43.3 Å². The van der Waals surface area contributed by atoms with Crippen molar-refractivity contribution in [2.75, 3.05) is 7.11 Å². The van der Waals surface area contributed by atoms with Crippen LogP contribution in [0.15, 0.2) is 52.9 Å². The highest BCUT2D eigenvalue weighted by Gasteiger charge is 2.20. The minimum Gasteiger partial charge on any atom is -0.497 e. The number of aromatic nitrogens is 1. The predicted molar refractivity (Wildman–Crippen MR) is 87.2 cm³/mol. The molecular weight excluding hydrogens is 292 g/mol. The second-order valence-electron chi connectivity index (χ2n) is 5.16. The number of oxazole rings is 1. The van der Waals surface area contributed by atoms with E-state index in [0.717, 1.165) is 11.1 Å². The van der Waals surface area contributed by atoms with Gasteiger partial charge >= 0.3 is 0 Å². The lowest BCUT2D eigenvalue weighted by molar-refractivity contribution is 0.0996. The summed E-state index contributed by atoms with van der Waals surface area (Å²) in [5, 5.41) is 0. The van der Waals surface area contributed by atoms with Crippen molar-refractivity contribution in [2.24, 2.45) is 5.73 Å². The lowest BCUT2D eigenvalue weighted by Gasteiger charge is -2.01. The molecule has 23 heavy (non-hydrogen) atoms. The van der Waals surface area contributed by atoms with Crippen LogP contribution in [0.5, 0.6) is 5.75 Å². The van der Waals surface area contributed by atoms with Crippen LogP contribution in [0.4, 0.5) is 0 Å². The van der Waals surface area contributed by atoms with E-state index in [2.05, 4.69) is 4.98 Å². The van der Waals surface area contributed by atoms with Crippen LogP contribution in [0.3, 0.4) is 0 Å². The van der Waals surface area contributed by atoms with Crippen molar-refractivity contribution in [3.63, 3.8) is 0 Å². The topological polar surface area (TPSA) is 78.3 Å². The molecule has 116 valence electrons. The van der Waals surface area contributed by atoms with E-state index in [1.165, 1.54) is 0 Å². The second kappa shape index (κ2) is 5.96.